The van der Waals surface area contributed by atoms with Crippen LogP contribution >= 0.6 is 0 Å². The van der Waals surface area contributed by atoms with Crippen LogP contribution in [0.25, 0.3) is 11.3 Å². The summed E-state index contributed by atoms with van der Waals surface area (Å²) in [5.74, 6) is -7.28. The lowest BCUT2D eigenvalue weighted by molar-refractivity contribution is -0.185. The van der Waals surface area contributed by atoms with E-state index in [1.165, 1.54) is 19.3 Å². The van der Waals surface area contributed by atoms with E-state index in [2.05, 4.69) is 15.3 Å². The van der Waals surface area contributed by atoms with Crippen LogP contribution in [0, 0.1) is 29.3 Å². The summed E-state index contributed by atoms with van der Waals surface area (Å²) in [7, 11) is 0. The number of carboxylic acids is 1. The van der Waals surface area contributed by atoms with Crippen molar-refractivity contribution in [2.45, 2.75) is 44.3 Å². The van der Waals surface area contributed by atoms with Crippen molar-refractivity contribution in [2.24, 2.45) is 11.8 Å². The molecule has 2 aromatic heterocycles. The lowest BCUT2D eigenvalue weighted by atomic mass is 9.63. The molecule has 0 aliphatic heterocycles. The minimum absolute atomic E-state index is 0.0247. The standard InChI is InChI=1S/C27H26F3N3O5/c1-13-10-15(11-22(34)27(13,38)14(2)26(36)37)16-8-9-31-12-21(16)33-25(35)20-7-6-19(30)24(32-20)23-17(28)4-3-5-18(23)29/h3-9,12-15,22,34,38H,10-11H2,1-2H3,(H,33,35)(H,36,37)/t13-,14?,15+,22+,27-/m1/s1. The van der Waals surface area contributed by atoms with Crippen LogP contribution in [0.2, 0.25) is 0 Å². The molecule has 3 aromatic rings. The van der Waals surface area contributed by atoms with Gasteiger partial charge in [-0.15, -0.1) is 0 Å². The minimum atomic E-state index is -1.84. The van der Waals surface area contributed by atoms with E-state index in [0.717, 1.165) is 30.3 Å². The molecule has 1 aliphatic rings. The molecule has 4 N–H and O–H groups in total. The van der Waals surface area contributed by atoms with Gasteiger partial charge in [0.05, 0.1) is 29.5 Å². The Morgan fingerprint density at radius 1 is 1.08 bits per heavy atom. The van der Waals surface area contributed by atoms with Crippen molar-refractivity contribution in [2.75, 3.05) is 5.32 Å². The summed E-state index contributed by atoms with van der Waals surface area (Å²) < 4.78 is 42.9. The van der Waals surface area contributed by atoms with Crippen LogP contribution in [0.5, 0.6) is 0 Å². The van der Waals surface area contributed by atoms with Gasteiger partial charge in [0.2, 0.25) is 0 Å². The highest BCUT2D eigenvalue weighted by Crippen LogP contribution is 2.46. The highest BCUT2D eigenvalue weighted by Gasteiger charge is 2.52. The SMILES string of the molecule is CC(C(=O)O)[C@]1(O)[C@H](C)C[C@H](c2ccncc2NC(=O)c2ccc(F)c(-c3c(F)cccc3F)n2)C[C@@H]1O. The molecule has 11 heteroatoms. The number of nitrogens with one attached hydrogen (secondary N) is 1. The number of anilines is 1. The van der Waals surface area contributed by atoms with Crippen LogP contribution in [0.15, 0.2) is 48.8 Å². The number of carbonyl (C=O) groups is 2. The van der Waals surface area contributed by atoms with Gasteiger partial charge in [-0.25, -0.2) is 18.2 Å². The topological polar surface area (TPSA) is 133 Å². The Morgan fingerprint density at radius 3 is 2.39 bits per heavy atom. The summed E-state index contributed by atoms with van der Waals surface area (Å²) in [4.78, 5) is 32.5. The number of aliphatic hydroxyl groups is 2. The Hall–Kier alpha value is -3.83. The van der Waals surface area contributed by atoms with Crippen molar-refractivity contribution in [3.05, 3.63) is 77.5 Å². The number of hydrogen-bond donors (Lipinski definition) is 4. The maximum absolute atomic E-state index is 14.4. The van der Waals surface area contributed by atoms with Crippen molar-refractivity contribution in [1.82, 2.24) is 9.97 Å². The molecule has 1 saturated carbocycles. The Kier molecular flexibility index (Phi) is 7.52. The third-order valence-electron chi connectivity index (χ3n) is 7.35. The van der Waals surface area contributed by atoms with E-state index in [4.69, 9.17) is 0 Å². The number of hydrogen-bond acceptors (Lipinski definition) is 6. The average molecular weight is 530 g/mol. The molecule has 0 radical (unpaired) electrons. The van der Waals surface area contributed by atoms with Gasteiger partial charge >= 0.3 is 5.97 Å². The maximum atomic E-state index is 14.4. The normalized spacial score (nSPS) is 24.0. The monoisotopic (exact) mass is 529 g/mol. The maximum Gasteiger partial charge on any atom is 0.309 e. The number of aliphatic carboxylic acids is 1. The van der Waals surface area contributed by atoms with E-state index < -0.39 is 64.1 Å². The van der Waals surface area contributed by atoms with Crippen LogP contribution in [0.1, 0.15) is 48.7 Å². The van der Waals surface area contributed by atoms with Crippen molar-refractivity contribution in [1.29, 1.82) is 0 Å². The molecule has 1 amide bonds. The molecule has 38 heavy (non-hydrogen) atoms. The average Bonchev–Trinajstić information content (AvgIpc) is 2.87. The molecule has 1 fully saturated rings. The first-order valence-corrected chi connectivity index (χ1v) is 11.9. The first-order chi connectivity index (χ1) is 17.9. The Morgan fingerprint density at radius 2 is 1.76 bits per heavy atom. The smallest absolute Gasteiger partial charge is 0.309 e. The van der Waals surface area contributed by atoms with Crippen LogP contribution in [-0.2, 0) is 4.79 Å². The van der Waals surface area contributed by atoms with Crippen molar-refractivity contribution < 1.29 is 38.1 Å². The number of benzene rings is 1. The van der Waals surface area contributed by atoms with Crippen molar-refractivity contribution in [3.8, 4) is 11.3 Å². The van der Waals surface area contributed by atoms with Gasteiger partial charge in [0.25, 0.3) is 5.91 Å². The number of nitrogens with zero attached hydrogens (tertiary/aromatic N) is 2. The molecular weight excluding hydrogens is 503 g/mol. The van der Waals surface area contributed by atoms with Gasteiger partial charge < -0.3 is 20.6 Å². The van der Waals surface area contributed by atoms with Gasteiger partial charge in [0.15, 0.2) is 0 Å². The first-order valence-electron chi connectivity index (χ1n) is 11.9. The summed E-state index contributed by atoms with van der Waals surface area (Å²) in [6.45, 7) is 3.00. The molecule has 8 nitrogen and oxygen atoms in total. The minimum Gasteiger partial charge on any atom is -0.481 e. The molecule has 1 aromatic carbocycles. The second-order valence-electron chi connectivity index (χ2n) is 9.57. The number of amides is 1. The second-order valence-corrected chi connectivity index (χ2v) is 9.57. The summed E-state index contributed by atoms with van der Waals surface area (Å²) in [6.07, 6.45) is 1.83. The summed E-state index contributed by atoms with van der Waals surface area (Å²) in [5, 5.41) is 33.9. The lowest BCUT2D eigenvalue weighted by Gasteiger charge is -2.47. The first kappa shape index (κ1) is 27.2. The highest BCUT2D eigenvalue weighted by molar-refractivity contribution is 6.03. The lowest BCUT2D eigenvalue weighted by Crippen LogP contribution is -2.58. The van der Waals surface area contributed by atoms with Gasteiger partial charge in [-0.2, -0.15) is 0 Å². The molecule has 2 heterocycles. The molecule has 5 atom stereocenters. The van der Waals surface area contributed by atoms with Gasteiger partial charge in [-0.3, -0.25) is 14.6 Å². The summed E-state index contributed by atoms with van der Waals surface area (Å²) in [6, 6.07) is 6.61. The van der Waals surface area contributed by atoms with E-state index >= 15 is 0 Å². The summed E-state index contributed by atoms with van der Waals surface area (Å²) >= 11 is 0. The molecular formula is C27H26F3N3O5. The van der Waals surface area contributed by atoms with Crippen LogP contribution in [-0.4, -0.2) is 48.9 Å². The Bertz CT molecular complexity index is 1350. The third kappa shape index (κ3) is 4.86. The van der Waals surface area contributed by atoms with Gasteiger partial charge in [0.1, 0.15) is 34.4 Å². The van der Waals surface area contributed by atoms with E-state index in [9.17, 15) is 38.1 Å². The summed E-state index contributed by atoms with van der Waals surface area (Å²) in [5.41, 5.74) is -2.67. The van der Waals surface area contributed by atoms with E-state index in [1.807, 2.05) is 0 Å². The number of rotatable bonds is 6. The van der Waals surface area contributed by atoms with Crippen molar-refractivity contribution in [3.63, 3.8) is 0 Å². The Balaban J connectivity index is 1.61. The quantitative estimate of drug-likeness (QED) is 0.377. The second kappa shape index (κ2) is 10.5. The number of carbonyl (C=O) groups excluding carboxylic acids is 1. The fourth-order valence-electron chi connectivity index (χ4n) is 5.19. The van der Waals surface area contributed by atoms with Gasteiger partial charge in [-0.1, -0.05) is 13.0 Å². The highest BCUT2D eigenvalue weighted by atomic mass is 19.1. The fourth-order valence-corrected chi connectivity index (χ4v) is 5.19. The molecule has 0 spiro atoms. The number of pyridine rings is 2. The zero-order valence-corrected chi connectivity index (χ0v) is 20.5. The predicted octanol–water partition coefficient (Wildman–Crippen LogP) is 4.14. The van der Waals surface area contributed by atoms with E-state index in [-0.39, 0.29) is 23.7 Å². The molecule has 0 saturated heterocycles. The van der Waals surface area contributed by atoms with E-state index in [1.54, 1.807) is 13.0 Å². The van der Waals surface area contributed by atoms with E-state index in [0.29, 0.717) is 12.0 Å². The number of aromatic nitrogens is 2. The third-order valence-corrected chi connectivity index (χ3v) is 7.35. The van der Waals surface area contributed by atoms with Crippen molar-refractivity contribution >= 4 is 17.6 Å². The fraction of sp³-hybridized carbons (Fsp3) is 0.333. The van der Waals surface area contributed by atoms with Gasteiger partial charge in [-0.05, 0) is 67.5 Å². The van der Waals surface area contributed by atoms with Gasteiger partial charge in [0, 0.05) is 6.20 Å². The molecule has 1 unspecified atom stereocenters. The largest absolute Gasteiger partial charge is 0.481 e. The van der Waals surface area contributed by atoms with Crippen LogP contribution < -0.4 is 5.32 Å². The molecule has 1 aliphatic carbocycles. The number of halogens is 3. The molecule has 4 rings (SSSR count). The Labute approximate surface area is 216 Å². The van der Waals surface area contributed by atoms with Crippen LogP contribution in [0.3, 0.4) is 0 Å². The number of carboxylic acid groups (broad SMARTS) is 1. The molecule has 200 valence electrons. The number of aliphatic hydroxyl groups excluding tert-OH is 1. The molecule has 0 bridgehead atoms. The van der Waals surface area contributed by atoms with Crippen LogP contribution in [0.4, 0.5) is 18.9 Å². The zero-order valence-electron chi connectivity index (χ0n) is 20.5. The zero-order chi connectivity index (χ0) is 27.8. The predicted molar refractivity (Wildman–Crippen MR) is 131 cm³/mol.